The molecular formula is C29H36FN5O4S. The van der Waals surface area contributed by atoms with Crippen LogP contribution in [0.25, 0.3) is 0 Å². The summed E-state index contributed by atoms with van der Waals surface area (Å²) in [5.41, 5.74) is 2.29. The molecule has 40 heavy (non-hydrogen) atoms. The van der Waals surface area contributed by atoms with Crippen LogP contribution >= 0.6 is 11.3 Å². The lowest BCUT2D eigenvalue weighted by atomic mass is 10.1. The predicted molar refractivity (Wildman–Crippen MR) is 154 cm³/mol. The molecule has 0 saturated carbocycles. The van der Waals surface area contributed by atoms with Crippen molar-refractivity contribution in [2.24, 2.45) is 0 Å². The van der Waals surface area contributed by atoms with Gasteiger partial charge in [0, 0.05) is 44.2 Å². The fourth-order valence-electron chi connectivity index (χ4n) is 3.66. The van der Waals surface area contributed by atoms with Crippen LogP contribution in [-0.2, 0) is 24.2 Å². The van der Waals surface area contributed by atoms with Gasteiger partial charge in [-0.1, -0.05) is 18.2 Å². The molecule has 0 unspecified atom stereocenters. The number of thiophene rings is 1. The number of aromatic nitrogens is 1. The first-order chi connectivity index (χ1) is 18.9. The minimum Gasteiger partial charge on any atom is -0.444 e. The maximum absolute atomic E-state index is 13.5. The molecule has 0 radical (unpaired) electrons. The Hall–Kier alpha value is -3.83. The minimum absolute atomic E-state index is 0.0679. The molecule has 3 rings (SSSR count). The summed E-state index contributed by atoms with van der Waals surface area (Å²) in [7, 11) is 3.85. The zero-order valence-electron chi connectivity index (χ0n) is 23.5. The number of rotatable bonds is 11. The van der Waals surface area contributed by atoms with Crippen molar-refractivity contribution in [2.75, 3.05) is 32.5 Å². The van der Waals surface area contributed by atoms with Gasteiger partial charge >= 0.3 is 12.1 Å². The van der Waals surface area contributed by atoms with E-state index in [1.165, 1.54) is 23.5 Å². The van der Waals surface area contributed by atoms with E-state index in [0.29, 0.717) is 36.4 Å². The van der Waals surface area contributed by atoms with Gasteiger partial charge in [-0.3, -0.25) is 15.1 Å². The van der Waals surface area contributed by atoms with Gasteiger partial charge in [0.15, 0.2) is 5.78 Å². The van der Waals surface area contributed by atoms with E-state index in [2.05, 4.69) is 15.6 Å². The largest absolute Gasteiger partial charge is 0.444 e. The number of likely N-dealkylation sites (N-methyl/N-ethyl adjacent to an activating group) is 1. The molecule has 2 N–H and O–H groups in total. The summed E-state index contributed by atoms with van der Waals surface area (Å²) in [5, 5.41) is 9.11. The summed E-state index contributed by atoms with van der Waals surface area (Å²) in [4.78, 5) is 46.0. The lowest BCUT2D eigenvalue weighted by Gasteiger charge is -2.25. The molecule has 0 saturated heterocycles. The molecular weight excluding hydrogens is 533 g/mol. The van der Waals surface area contributed by atoms with Crippen molar-refractivity contribution < 1.29 is 23.5 Å². The van der Waals surface area contributed by atoms with Crippen molar-refractivity contribution in [3.63, 3.8) is 0 Å². The second kappa shape index (κ2) is 14.0. The van der Waals surface area contributed by atoms with Crippen LogP contribution in [0.1, 0.15) is 48.0 Å². The minimum atomic E-state index is -0.633. The maximum Gasteiger partial charge on any atom is 0.412 e. The van der Waals surface area contributed by atoms with Crippen molar-refractivity contribution in [3.05, 3.63) is 81.6 Å². The van der Waals surface area contributed by atoms with E-state index in [0.717, 1.165) is 5.56 Å². The Labute approximate surface area is 238 Å². The molecule has 1 aromatic carbocycles. The predicted octanol–water partition coefficient (Wildman–Crippen LogP) is 5.33. The number of anilines is 1. The standard InChI is InChI=1S/C29H36FN5O4S/c1-29(2,3)39-28(38)33-25-19-40-18-22(25)14-26(36)24-10-9-21(16-31-24)17-35(12-11-34(4)5)27(37)32-15-20-7-6-8-23(30)13-20/h6-10,13,16,18-19H,11-12,14-15,17H2,1-5H3,(H,32,37)(H,33,38). The number of hydrogen-bond donors (Lipinski definition) is 2. The number of nitrogens with one attached hydrogen (secondary N) is 2. The second-order valence-electron chi connectivity index (χ2n) is 10.6. The fourth-order valence-corrected chi connectivity index (χ4v) is 4.45. The van der Waals surface area contributed by atoms with E-state index in [-0.39, 0.29) is 36.3 Å². The maximum atomic E-state index is 13.5. The van der Waals surface area contributed by atoms with Gasteiger partial charge < -0.3 is 19.9 Å². The van der Waals surface area contributed by atoms with Crippen LogP contribution in [0.4, 0.5) is 19.7 Å². The quantitative estimate of drug-likeness (QED) is 0.303. The van der Waals surface area contributed by atoms with Gasteiger partial charge in [0.05, 0.1) is 5.69 Å². The first-order valence-electron chi connectivity index (χ1n) is 12.8. The number of carbonyl (C=O) groups excluding carboxylic acids is 3. The van der Waals surface area contributed by atoms with Crippen molar-refractivity contribution in [1.29, 1.82) is 0 Å². The third-order valence-corrected chi connectivity index (χ3v) is 6.44. The van der Waals surface area contributed by atoms with Crippen LogP contribution in [0, 0.1) is 5.82 Å². The van der Waals surface area contributed by atoms with Gasteiger partial charge in [-0.25, -0.2) is 14.0 Å². The van der Waals surface area contributed by atoms with Crippen LogP contribution < -0.4 is 10.6 Å². The Morgan fingerprint density at radius 3 is 2.48 bits per heavy atom. The van der Waals surface area contributed by atoms with Crippen LogP contribution in [0.5, 0.6) is 0 Å². The number of nitrogens with zero attached hydrogens (tertiary/aromatic N) is 3. The highest BCUT2D eigenvalue weighted by Crippen LogP contribution is 2.23. The number of carbonyl (C=O) groups is 3. The van der Waals surface area contributed by atoms with E-state index >= 15 is 0 Å². The topological polar surface area (TPSA) is 104 Å². The molecule has 214 valence electrons. The molecule has 2 aromatic heterocycles. The molecule has 2 heterocycles. The summed E-state index contributed by atoms with van der Waals surface area (Å²) >= 11 is 1.38. The number of amides is 3. The highest BCUT2D eigenvalue weighted by atomic mass is 32.1. The van der Waals surface area contributed by atoms with Crippen molar-refractivity contribution >= 4 is 34.9 Å². The average molecular weight is 570 g/mol. The smallest absolute Gasteiger partial charge is 0.412 e. The lowest BCUT2D eigenvalue weighted by Crippen LogP contribution is -2.42. The Kier molecular flexibility index (Phi) is 10.7. The third-order valence-electron chi connectivity index (χ3n) is 5.65. The number of urea groups is 1. The van der Waals surface area contributed by atoms with E-state index in [9.17, 15) is 18.8 Å². The van der Waals surface area contributed by atoms with Crippen LogP contribution in [0.2, 0.25) is 0 Å². The lowest BCUT2D eigenvalue weighted by molar-refractivity contribution is 0.0635. The average Bonchev–Trinajstić information content (AvgIpc) is 3.30. The molecule has 0 aliphatic carbocycles. The zero-order valence-corrected chi connectivity index (χ0v) is 24.3. The summed E-state index contributed by atoms with van der Waals surface area (Å²) in [6.45, 7) is 6.95. The summed E-state index contributed by atoms with van der Waals surface area (Å²) in [6, 6.07) is 9.23. The molecule has 0 atom stereocenters. The van der Waals surface area contributed by atoms with Crippen LogP contribution in [-0.4, -0.2) is 65.5 Å². The molecule has 0 fully saturated rings. The number of benzene rings is 1. The SMILES string of the molecule is CN(C)CCN(Cc1ccc(C(=O)Cc2cscc2NC(=O)OC(C)(C)C)nc1)C(=O)NCc1cccc(F)c1. The highest BCUT2D eigenvalue weighted by molar-refractivity contribution is 7.08. The van der Waals surface area contributed by atoms with Gasteiger partial charge in [0.25, 0.3) is 0 Å². The number of Topliss-reactive ketones (excluding diaryl/α,β-unsaturated/α-hetero) is 1. The van der Waals surface area contributed by atoms with Gasteiger partial charge in [-0.2, -0.15) is 0 Å². The van der Waals surface area contributed by atoms with Gasteiger partial charge in [-0.05, 0) is 75.1 Å². The van der Waals surface area contributed by atoms with E-state index in [1.54, 1.807) is 61.5 Å². The van der Waals surface area contributed by atoms with E-state index < -0.39 is 11.7 Å². The summed E-state index contributed by atoms with van der Waals surface area (Å²) in [5.74, 6) is -0.555. The Morgan fingerprint density at radius 1 is 1.05 bits per heavy atom. The zero-order chi connectivity index (χ0) is 29.3. The van der Waals surface area contributed by atoms with Crippen molar-refractivity contribution in [3.8, 4) is 0 Å². The van der Waals surface area contributed by atoms with Crippen LogP contribution in [0.3, 0.4) is 0 Å². The molecule has 9 nitrogen and oxygen atoms in total. The van der Waals surface area contributed by atoms with Gasteiger partial charge in [0.2, 0.25) is 0 Å². The monoisotopic (exact) mass is 569 g/mol. The van der Waals surface area contributed by atoms with Crippen molar-refractivity contribution in [2.45, 2.75) is 45.9 Å². The molecule has 11 heteroatoms. The Bertz CT molecular complexity index is 1300. The van der Waals surface area contributed by atoms with Gasteiger partial charge in [-0.15, -0.1) is 11.3 Å². The first-order valence-corrected chi connectivity index (χ1v) is 13.8. The number of pyridine rings is 1. The molecule has 3 amide bonds. The number of hydrogen-bond acceptors (Lipinski definition) is 7. The normalized spacial score (nSPS) is 11.3. The van der Waals surface area contributed by atoms with E-state index in [1.807, 2.05) is 24.4 Å². The molecule has 0 bridgehead atoms. The second-order valence-corrected chi connectivity index (χ2v) is 11.3. The molecule has 0 aliphatic rings. The van der Waals surface area contributed by atoms with Gasteiger partial charge in [0.1, 0.15) is 17.1 Å². The number of ether oxygens (including phenoxy) is 1. The molecule has 3 aromatic rings. The number of halogens is 1. The van der Waals surface area contributed by atoms with E-state index in [4.69, 9.17) is 4.74 Å². The molecule has 0 aliphatic heterocycles. The third kappa shape index (κ3) is 10.0. The number of ketones is 1. The fraction of sp³-hybridized carbons (Fsp3) is 0.379. The highest BCUT2D eigenvalue weighted by Gasteiger charge is 2.20. The first kappa shape index (κ1) is 30.7. The summed E-state index contributed by atoms with van der Waals surface area (Å²) in [6.07, 6.45) is 1.07. The molecule has 0 spiro atoms. The van der Waals surface area contributed by atoms with Crippen molar-refractivity contribution in [1.82, 2.24) is 20.1 Å². The van der Waals surface area contributed by atoms with Crippen LogP contribution in [0.15, 0.2) is 53.4 Å². The Morgan fingerprint density at radius 2 is 1.82 bits per heavy atom. The Balaban J connectivity index is 1.61. The summed E-state index contributed by atoms with van der Waals surface area (Å²) < 4.78 is 18.8.